The van der Waals surface area contributed by atoms with Crippen LogP contribution in [0.2, 0.25) is 0 Å². The molecule has 0 spiro atoms. The van der Waals surface area contributed by atoms with Gasteiger partial charge in [-0.3, -0.25) is 4.79 Å². The first-order valence-electron chi connectivity index (χ1n) is 6.47. The number of anilines is 1. The van der Waals surface area contributed by atoms with Gasteiger partial charge in [-0.15, -0.1) is 11.6 Å². The van der Waals surface area contributed by atoms with Gasteiger partial charge < -0.3 is 14.8 Å². The van der Waals surface area contributed by atoms with Crippen molar-refractivity contribution in [3.8, 4) is 11.5 Å². The topological polar surface area (TPSA) is 47.6 Å². The molecule has 0 aliphatic carbocycles. The zero-order valence-electron chi connectivity index (χ0n) is 12.1. The molecular weight excluding hydrogens is 309 g/mol. The molecule has 0 aromatic heterocycles. The van der Waals surface area contributed by atoms with Gasteiger partial charge in [0.05, 0.1) is 14.2 Å². The number of benzene rings is 2. The van der Waals surface area contributed by atoms with E-state index in [4.69, 9.17) is 21.1 Å². The van der Waals surface area contributed by atoms with E-state index in [1.165, 1.54) is 32.4 Å². The van der Waals surface area contributed by atoms with Crippen LogP contribution in [0.5, 0.6) is 11.5 Å². The summed E-state index contributed by atoms with van der Waals surface area (Å²) in [6.45, 7) is 0. The fourth-order valence-electron chi connectivity index (χ4n) is 1.93. The number of ether oxygens (including phenoxy) is 2. The maximum Gasteiger partial charge on any atom is 0.246 e. The van der Waals surface area contributed by atoms with E-state index in [0.717, 1.165) is 0 Å². The normalized spacial score (nSPS) is 11.6. The highest BCUT2D eigenvalue weighted by Crippen LogP contribution is 2.32. The van der Waals surface area contributed by atoms with Gasteiger partial charge in [0, 0.05) is 5.69 Å². The predicted molar refractivity (Wildman–Crippen MR) is 83.2 cm³/mol. The molecule has 2 rings (SSSR count). The Morgan fingerprint density at radius 1 is 1.14 bits per heavy atom. The number of carbonyl (C=O) groups is 1. The van der Waals surface area contributed by atoms with Gasteiger partial charge in [0.15, 0.2) is 11.5 Å². The van der Waals surface area contributed by atoms with E-state index in [1.54, 1.807) is 24.3 Å². The average Bonchev–Trinajstić information content (AvgIpc) is 2.53. The Labute approximate surface area is 132 Å². The molecule has 116 valence electrons. The van der Waals surface area contributed by atoms with E-state index in [-0.39, 0.29) is 0 Å². The number of rotatable bonds is 5. The van der Waals surface area contributed by atoms with E-state index < -0.39 is 17.1 Å². The van der Waals surface area contributed by atoms with Crippen molar-refractivity contribution in [2.75, 3.05) is 19.5 Å². The average molecular weight is 324 g/mol. The number of hydrogen-bond donors (Lipinski definition) is 1. The van der Waals surface area contributed by atoms with Crippen molar-refractivity contribution in [2.45, 2.75) is 5.38 Å². The zero-order chi connectivity index (χ0) is 16.1. The van der Waals surface area contributed by atoms with Gasteiger partial charge in [0.1, 0.15) is 11.2 Å². The van der Waals surface area contributed by atoms with E-state index in [0.29, 0.717) is 22.7 Å². The molecule has 0 aliphatic heterocycles. The molecule has 0 bridgehead atoms. The maximum absolute atomic E-state index is 13.1. The molecular formula is C16H15ClFNO3. The number of nitrogens with one attached hydrogen (secondary N) is 1. The monoisotopic (exact) mass is 323 g/mol. The van der Waals surface area contributed by atoms with Crippen LogP contribution in [0.3, 0.4) is 0 Å². The molecule has 1 amide bonds. The van der Waals surface area contributed by atoms with E-state index in [9.17, 15) is 9.18 Å². The van der Waals surface area contributed by atoms with Gasteiger partial charge in [-0.25, -0.2) is 4.39 Å². The van der Waals surface area contributed by atoms with Crippen molar-refractivity contribution >= 4 is 23.2 Å². The van der Waals surface area contributed by atoms with Crippen molar-refractivity contribution in [3.05, 3.63) is 53.8 Å². The minimum Gasteiger partial charge on any atom is -0.493 e. The quantitative estimate of drug-likeness (QED) is 0.852. The number of amides is 1. The lowest BCUT2D eigenvalue weighted by Gasteiger charge is -2.14. The standard InChI is InChI=1S/C16H15ClFNO3/c1-21-13-7-6-10(8-14(13)22-2)15(17)16(20)19-12-5-3-4-11(18)9-12/h3-9,15H,1-2H3,(H,19,20). The Morgan fingerprint density at radius 2 is 1.86 bits per heavy atom. The van der Waals surface area contributed by atoms with Gasteiger partial charge >= 0.3 is 0 Å². The highest BCUT2D eigenvalue weighted by Gasteiger charge is 2.19. The third-order valence-corrected chi connectivity index (χ3v) is 3.47. The maximum atomic E-state index is 13.1. The lowest BCUT2D eigenvalue weighted by Crippen LogP contribution is -2.17. The summed E-state index contributed by atoms with van der Waals surface area (Å²) in [4.78, 5) is 12.1. The summed E-state index contributed by atoms with van der Waals surface area (Å²) in [5.74, 6) is 0.124. The van der Waals surface area contributed by atoms with Crippen LogP contribution in [0, 0.1) is 5.82 Å². The molecule has 0 heterocycles. The van der Waals surface area contributed by atoms with E-state index >= 15 is 0 Å². The van der Waals surface area contributed by atoms with Crippen molar-refractivity contribution in [2.24, 2.45) is 0 Å². The van der Waals surface area contributed by atoms with Crippen molar-refractivity contribution < 1.29 is 18.7 Å². The Bertz CT molecular complexity index is 678. The van der Waals surface area contributed by atoms with Gasteiger partial charge in [0.25, 0.3) is 0 Å². The molecule has 22 heavy (non-hydrogen) atoms. The molecule has 4 nitrogen and oxygen atoms in total. The van der Waals surface area contributed by atoms with Gasteiger partial charge in [-0.2, -0.15) is 0 Å². The van der Waals surface area contributed by atoms with Crippen molar-refractivity contribution in [1.29, 1.82) is 0 Å². The zero-order valence-corrected chi connectivity index (χ0v) is 12.9. The predicted octanol–water partition coefficient (Wildman–Crippen LogP) is 3.76. The molecule has 0 saturated carbocycles. The largest absolute Gasteiger partial charge is 0.493 e. The number of hydrogen-bond acceptors (Lipinski definition) is 3. The van der Waals surface area contributed by atoms with Crippen LogP contribution in [0.1, 0.15) is 10.9 Å². The summed E-state index contributed by atoms with van der Waals surface area (Å²) >= 11 is 6.17. The third kappa shape index (κ3) is 3.68. The summed E-state index contributed by atoms with van der Waals surface area (Å²) in [7, 11) is 3.02. The summed E-state index contributed by atoms with van der Waals surface area (Å²) in [5, 5.41) is 1.62. The molecule has 2 aromatic rings. The van der Waals surface area contributed by atoms with Crippen LogP contribution in [0.25, 0.3) is 0 Å². The van der Waals surface area contributed by atoms with Crippen LogP contribution in [-0.2, 0) is 4.79 Å². The van der Waals surface area contributed by atoms with E-state index in [1.807, 2.05) is 0 Å². The van der Waals surface area contributed by atoms with Crippen LogP contribution in [0.4, 0.5) is 10.1 Å². The lowest BCUT2D eigenvalue weighted by molar-refractivity contribution is -0.116. The van der Waals surface area contributed by atoms with Crippen LogP contribution >= 0.6 is 11.6 Å². The molecule has 1 N–H and O–H groups in total. The van der Waals surface area contributed by atoms with Gasteiger partial charge in [-0.05, 0) is 35.9 Å². The second-order valence-electron chi connectivity index (χ2n) is 4.48. The fourth-order valence-corrected chi connectivity index (χ4v) is 2.12. The van der Waals surface area contributed by atoms with Gasteiger partial charge in [-0.1, -0.05) is 12.1 Å². The first-order chi connectivity index (χ1) is 10.5. The van der Waals surface area contributed by atoms with Crippen LogP contribution < -0.4 is 14.8 Å². The number of halogens is 2. The summed E-state index contributed by atoms with van der Waals surface area (Å²) in [6.07, 6.45) is 0. The SMILES string of the molecule is COc1ccc(C(Cl)C(=O)Nc2cccc(F)c2)cc1OC. The molecule has 0 saturated heterocycles. The number of methoxy groups -OCH3 is 2. The number of carbonyl (C=O) groups excluding carboxylic acids is 1. The minimum atomic E-state index is -0.942. The molecule has 2 aromatic carbocycles. The Hall–Kier alpha value is -2.27. The smallest absolute Gasteiger partial charge is 0.246 e. The summed E-state index contributed by atoms with van der Waals surface area (Å²) < 4.78 is 23.4. The molecule has 0 aliphatic rings. The van der Waals surface area contributed by atoms with E-state index in [2.05, 4.69) is 5.32 Å². The second kappa shape index (κ2) is 7.13. The Balaban J connectivity index is 2.16. The highest BCUT2D eigenvalue weighted by molar-refractivity contribution is 6.32. The third-order valence-electron chi connectivity index (χ3n) is 3.02. The van der Waals surface area contributed by atoms with Crippen molar-refractivity contribution in [1.82, 2.24) is 0 Å². The first kappa shape index (κ1) is 16.1. The fraction of sp³-hybridized carbons (Fsp3) is 0.188. The molecule has 0 fully saturated rings. The minimum absolute atomic E-state index is 0.344. The first-order valence-corrected chi connectivity index (χ1v) is 6.91. The summed E-state index contributed by atoms with van der Waals surface area (Å²) in [6, 6.07) is 10.6. The Kier molecular flexibility index (Phi) is 5.22. The number of alkyl halides is 1. The highest BCUT2D eigenvalue weighted by atomic mass is 35.5. The molecule has 1 atom stereocenters. The summed E-state index contributed by atoms with van der Waals surface area (Å²) in [5.41, 5.74) is 0.893. The molecule has 6 heteroatoms. The second-order valence-corrected chi connectivity index (χ2v) is 4.91. The molecule has 1 unspecified atom stereocenters. The lowest BCUT2D eigenvalue weighted by atomic mass is 10.1. The van der Waals surface area contributed by atoms with Crippen LogP contribution in [0.15, 0.2) is 42.5 Å². The Morgan fingerprint density at radius 3 is 2.50 bits per heavy atom. The van der Waals surface area contributed by atoms with Crippen LogP contribution in [-0.4, -0.2) is 20.1 Å². The molecule has 0 radical (unpaired) electrons. The van der Waals surface area contributed by atoms with Gasteiger partial charge in [0.2, 0.25) is 5.91 Å². The van der Waals surface area contributed by atoms with Crippen molar-refractivity contribution in [3.63, 3.8) is 0 Å².